The maximum atomic E-state index is 6.00. The lowest BCUT2D eigenvalue weighted by atomic mass is 10.2. The van der Waals surface area contributed by atoms with E-state index < -0.39 is 0 Å². The molecule has 1 N–H and O–H groups in total. The summed E-state index contributed by atoms with van der Waals surface area (Å²) in [6.07, 6.45) is 8.74. The molecule has 3 rings (SSSR count). The van der Waals surface area contributed by atoms with Crippen LogP contribution in [0.1, 0.15) is 57.4 Å². The van der Waals surface area contributed by atoms with Gasteiger partial charge in [-0.3, -0.25) is 0 Å². The molecule has 29 heavy (non-hydrogen) atoms. The molecule has 1 fully saturated rings. The quantitative estimate of drug-likeness (QED) is 0.408. The summed E-state index contributed by atoms with van der Waals surface area (Å²) in [5.41, 5.74) is 2.23. The predicted molar refractivity (Wildman–Crippen MR) is 119 cm³/mol. The van der Waals surface area contributed by atoms with E-state index in [9.17, 15) is 0 Å². The van der Waals surface area contributed by atoms with Crippen LogP contribution < -0.4 is 14.8 Å². The molecule has 2 aromatic carbocycles. The molecule has 1 aliphatic heterocycles. The van der Waals surface area contributed by atoms with Crippen LogP contribution in [-0.4, -0.2) is 25.9 Å². The van der Waals surface area contributed by atoms with Crippen molar-refractivity contribution in [2.75, 3.05) is 25.1 Å². The van der Waals surface area contributed by atoms with Gasteiger partial charge >= 0.3 is 0 Å². The minimum atomic E-state index is 0.224. The Morgan fingerprint density at radius 3 is 2.59 bits per heavy atom. The number of anilines is 1. The van der Waals surface area contributed by atoms with Crippen molar-refractivity contribution in [1.82, 2.24) is 0 Å². The van der Waals surface area contributed by atoms with Gasteiger partial charge in [0.1, 0.15) is 18.1 Å². The van der Waals surface area contributed by atoms with E-state index in [0.29, 0.717) is 6.61 Å². The van der Waals surface area contributed by atoms with Crippen molar-refractivity contribution in [3.8, 4) is 11.5 Å². The van der Waals surface area contributed by atoms with Crippen molar-refractivity contribution in [3.63, 3.8) is 0 Å². The molecule has 0 spiro atoms. The molecule has 0 saturated carbocycles. The Bertz CT molecular complexity index is 695. The van der Waals surface area contributed by atoms with E-state index in [1.165, 1.54) is 31.2 Å². The van der Waals surface area contributed by atoms with Crippen LogP contribution in [0, 0.1) is 0 Å². The van der Waals surface area contributed by atoms with Gasteiger partial charge in [0, 0.05) is 13.2 Å². The minimum Gasteiger partial charge on any atom is -0.494 e. The molecule has 4 nitrogen and oxygen atoms in total. The van der Waals surface area contributed by atoms with Crippen molar-refractivity contribution in [2.24, 2.45) is 0 Å². The van der Waals surface area contributed by atoms with E-state index in [-0.39, 0.29) is 6.10 Å². The van der Waals surface area contributed by atoms with E-state index >= 15 is 0 Å². The smallest absolute Gasteiger partial charge is 0.142 e. The predicted octanol–water partition coefficient (Wildman–Crippen LogP) is 6.21. The first kappa shape index (κ1) is 21.5. The zero-order valence-electron chi connectivity index (χ0n) is 17.7. The van der Waals surface area contributed by atoms with Crippen molar-refractivity contribution in [1.29, 1.82) is 0 Å². The second-order valence-corrected chi connectivity index (χ2v) is 7.70. The second kappa shape index (κ2) is 12.4. The van der Waals surface area contributed by atoms with Crippen LogP contribution in [0.4, 0.5) is 5.69 Å². The van der Waals surface area contributed by atoms with E-state index in [1.807, 2.05) is 18.2 Å². The third-order valence-electron chi connectivity index (χ3n) is 5.26. The zero-order valence-corrected chi connectivity index (χ0v) is 17.7. The first-order valence-corrected chi connectivity index (χ1v) is 11.1. The van der Waals surface area contributed by atoms with Gasteiger partial charge in [-0.15, -0.1) is 0 Å². The molecule has 0 radical (unpaired) electrons. The molecule has 0 aliphatic carbocycles. The number of nitrogens with one attached hydrogen (secondary N) is 1. The molecule has 1 saturated heterocycles. The molecule has 2 aromatic rings. The van der Waals surface area contributed by atoms with Crippen LogP contribution in [0.25, 0.3) is 0 Å². The fraction of sp³-hybridized carbons (Fsp3) is 0.520. The monoisotopic (exact) mass is 397 g/mol. The average molecular weight is 398 g/mol. The highest BCUT2D eigenvalue weighted by Gasteiger charge is 2.16. The fourth-order valence-corrected chi connectivity index (χ4v) is 3.49. The third kappa shape index (κ3) is 7.62. The number of para-hydroxylation sites is 2. The van der Waals surface area contributed by atoms with Gasteiger partial charge in [-0.1, -0.05) is 56.9 Å². The molecular formula is C25H35NO3. The average Bonchev–Trinajstić information content (AvgIpc) is 3.28. The van der Waals surface area contributed by atoms with E-state index in [0.717, 1.165) is 56.2 Å². The first-order chi connectivity index (χ1) is 14.3. The van der Waals surface area contributed by atoms with Crippen molar-refractivity contribution in [3.05, 3.63) is 54.1 Å². The van der Waals surface area contributed by atoms with Crippen molar-refractivity contribution >= 4 is 5.69 Å². The number of hydrogen-bond donors (Lipinski definition) is 1. The molecule has 1 heterocycles. The Kier molecular flexibility index (Phi) is 9.18. The number of ether oxygens (including phenoxy) is 3. The molecule has 158 valence electrons. The molecule has 4 heteroatoms. The lowest BCUT2D eigenvalue weighted by molar-refractivity contribution is 0.0682. The number of unbranched alkanes of at least 4 members (excludes halogenated alkanes) is 4. The summed E-state index contributed by atoms with van der Waals surface area (Å²) in [6, 6.07) is 16.5. The molecule has 1 atom stereocenters. The summed E-state index contributed by atoms with van der Waals surface area (Å²) in [5.74, 6) is 1.83. The standard InChI is InChI=1S/C25H35NO3/c1-2-3-4-5-8-17-27-22-15-13-21(14-16-22)19-26-24-11-6-7-12-25(24)29-20-23-10-9-18-28-23/h6-7,11-16,23,26H,2-5,8-10,17-20H2,1H3. The lowest BCUT2D eigenvalue weighted by Crippen LogP contribution is -2.16. The topological polar surface area (TPSA) is 39.7 Å². The van der Waals surface area contributed by atoms with Crippen LogP contribution in [0.2, 0.25) is 0 Å². The van der Waals surface area contributed by atoms with Gasteiger partial charge in [0.25, 0.3) is 0 Å². The van der Waals surface area contributed by atoms with Gasteiger partial charge < -0.3 is 19.5 Å². The third-order valence-corrected chi connectivity index (χ3v) is 5.26. The summed E-state index contributed by atoms with van der Waals surface area (Å²) < 4.78 is 17.5. The summed E-state index contributed by atoms with van der Waals surface area (Å²) in [6.45, 7) is 5.26. The van der Waals surface area contributed by atoms with E-state index in [4.69, 9.17) is 14.2 Å². The van der Waals surface area contributed by atoms with Crippen LogP contribution in [0.3, 0.4) is 0 Å². The number of benzene rings is 2. The van der Waals surface area contributed by atoms with Crippen molar-refractivity contribution in [2.45, 2.75) is 64.5 Å². The Labute approximate surface area is 175 Å². The number of hydrogen-bond acceptors (Lipinski definition) is 4. The highest BCUT2D eigenvalue weighted by Crippen LogP contribution is 2.26. The minimum absolute atomic E-state index is 0.224. The zero-order chi connectivity index (χ0) is 20.2. The van der Waals surface area contributed by atoms with Gasteiger partial charge in [-0.05, 0) is 49.1 Å². The first-order valence-electron chi connectivity index (χ1n) is 11.1. The van der Waals surface area contributed by atoms with E-state index in [2.05, 4.69) is 42.6 Å². The molecule has 1 unspecified atom stereocenters. The SMILES string of the molecule is CCCCCCCOc1ccc(CNc2ccccc2OCC2CCCO2)cc1. The highest BCUT2D eigenvalue weighted by atomic mass is 16.5. The molecular weight excluding hydrogens is 362 g/mol. The number of rotatable bonds is 13. The Balaban J connectivity index is 1.41. The van der Waals surface area contributed by atoms with Crippen LogP contribution in [-0.2, 0) is 11.3 Å². The fourth-order valence-electron chi connectivity index (χ4n) is 3.49. The lowest BCUT2D eigenvalue weighted by Gasteiger charge is -2.16. The van der Waals surface area contributed by atoms with Gasteiger partial charge in [0.2, 0.25) is 0 Å². The normalized spacial score (nSPS) is 16.0. The Morgan fingerprint density at radius 2 is 1.79 bits per heavy atom. The second-order valence-electron chi connectivity index (χ2n) is 7.70. The molecule has 0 bridgehead atoms. The van der Waals surface area contributed by atoms with E-state index in [1.54, 1.807) is 0 Å². The molecule has 0 amide bonds. The summed E-state index contributed by atoms with van der Waals surface area (Å²) in [4.78, 5) is 0. The Hall–Kier alpha value is -2.20. The summed E-state index contributed by atoms with van der Waals surface area (Å²) in [5, 5.41) is 3.49. The molecule has 0 aromatic heterocycles. The summed E-state index contributed by atoms with van der Waals surface area (Å²) in [7, 11) is 0. The molecule has 1 aliphatic rings. The highest BCUT2D eigenvalue weighted by molar-refractivity contribution is 5.56. The summed E-state index contributed by atoms with van der Waals surface area (Å²) >= 11 is 0. The van der Waals surface area contributed by atoms with Gasteiger partial charge in [0.05, 0.1) is 18.4 Å². The maximum absolute atomic E-state index is 6.00. The van der Waals surface area contributed by atoms with Crippen LogP contribution in [0.15, 0.2) is 48.5 Å². The van der Waals surface area contributed by atoms with Crippen LogP contribution in [0.5, 0.6) is 11.5 Å². The van der Waals surface area contributed by atoms with Crippen molar-refractivity contribution < 1.29 is 14.2 Å². The Morgan fingerprint density at radius 1 is 0.966 bits per heavy atom. The van der Waals surface area contributed by atoms with Gasteiger partial charge in [-0.25, -0.2) is 0 Å². The van der Waals surface area contributed by atoms with Crippen LogP contribution >= 0.6 is 0 Å². The largest absolute Gasteiger partial charge is 0.494 e. The maximum Gasteiger partial charge on any atom is 0.142 e. The van der Waals surface area contributed by atoms with Gasteiger partial charge in [-0.2, -0.15) is 0 Å². The van der Waals surface area contributed by atoms with Gasteiger partial charge in [0.15, 0.2) is 0 Å².